The van der Waals surface area contributed by atoms with E-state index in [1.807, 2.05) is 0 Å². The Morgan fingerprint density at radius 3 is 2.35 bits per heavy atom. The first kappa shape index (κ1) is 15.4. The number of nitrogens with two attached hydrogens (primary N) is 1. The van der Waals surface area contributed by atoms with Crippen molar-refractivity contribution in [1.82, 2.24) is 0 Å². The number of nitrogens with one attached hydrogen (secondary N) is 1. The molecular weight excluding hydrogens is 339 g/mol. The maximum absolute atomic E-state index is 12.3. The molecule has 4 nitrogen and oxygen atoms in total. The molecule has 1 aromatic carbocycles. The van der Waals surface area contributed by atoms with Gasteiger partial charge in [0.25, 0.3) is 10.0 Å². The van der Waals surface area contributed by atoms with E-state index in [4.69, 9.17) is 28.9 Å². The Morgan fingerprint density at radius 2 is 1.80 bits per heavy atom. The summed E-state index contributed by atoms with van der Waals surface area (Å²) in [7, 11) is -3.68. The Labute approximate surface area is 131 Å². The molecule has 1 aromatic heterocycles. The molecule has 3 N–H and O–H groups in total. The Kier molecular flexibility index (Phi) is 4.20. The van der Waals surface area contributed by atoms with Crippen LogP contribution in [0.5, 0.6) is 0 Å². The number of aryl methyl sites for hydroxylation is 2. The summed E-state index contributed by atoms with van der Waals surface area (Å²) >= 11 is 12.8. The highest BCUT2D eigenvalue weighted by Gasteiger charge is 2.19. The van der Waals surface area contributed by atoms with Gasteiger partial charge in [-0.1, -0.05) is 23.2 Å². The fourth-order valence-electron chi connectivity index (χ4n) is 1.57. The molecule has 0 unspecified atom stereocenters. The minimum Gasteiger partial charge on any atom is -0.398 e. The fourth-order valence-corrected chi connectivity index (χ4v) is 4.57. The van der Waals surface area contributed by atoms with Crippen molar-refractivity contribution in [3.05, 3.63) is 38.7 Å². The van der Waals surface area contributed by atoms with Crippen LogP contribution in [0.1, 0.15) is 11.1 Å². The SMILES string of the molecule is Cc1cc(N)c(Cl)cc1NS(=O)(=O)c1cc(C)c(Cl)s1. The molecule has 0 saturated heterocycles. The Bertz CT molecular complexity index is 751. The first-order valence-corrected chi connectivity index (χ1v) is 8.60. The van der Waals surface area contributed by atoms with Gasteiger partial charge in [-0.05, 0) is 43.2 Å². The van der Waals surface area contributed by atoms with Crippen LogP contribution in [-0.4, -0.2) is 8.42 Å². The molecule has 2 rings (SSSR count). The number of benzene rings is 1. The topological polar surface area (TPSA) is 72.2 Å². The molecule has 20 heavy (non-hydrogen) atoms. The van der Waals surface area contributed by atoms with Crippen LogP contribution in [0.25, 0.3) is 0 Å². The zero-order chi connectivity index (χ0) is 15.1. The van der Waals surface area contributed by atoms with Crippen molar-refractivity contribution in [3.8, 4) is 0 Å². The van der Waals surface area contributed by atoms with E-state index in [1.54, 1.807) is 19.9 Å². The number of anilines is 2. The lowest BCUT2D eigenvalue weighted by atomic mass is 10.2. The van der Waals surface area contributed by atoms with Crippen molar-refractivity contribution in [2.75, 3.05) is 10.5 Å². The van der Waals surface area contributed by atoms with Crippen molar-refractivity contribution in [1.29, 1.82) is 0 Å². The smallest absolute Gasteiger partial charge is 0.271 e. The van der Waals surface area contributed by atoms with Crippen LogP contribution < -0.4 is 10.5 Å². The fraction of sp³-hybridized carbons (Fsp3) is 0.167. The van der Waals surface area contributed by atoms with Crippen molar-refractivity contribution >= 4 is 55.9 Å². The van der Waals surface area contributed by atoms with E-state index in [0.29, 0.717) is 26.3 Å². The molecule has 0 atom stereocenters. The zero-order valence-corrected chi connectivity index (χ0v) is 13.8. The molecule has 108 valence electrons. The molecule has 1 heterocycles. The number of halogens is 2. The van der Waals surface area contributed by atoms with Crippen molar-refractivity contribution in [2.24, 2.45) is 0 Å². The minimum absolute atomic E-state index is 0.160. The first-order valence-electron chi connectivity index (χ1n) is 5.55. The molecule has 0 amide bonds. The standard InChI is InChI=1S/C12H12Cl2N2O2S2/c1-6-3-9(15)8(13)5-10(6)16-20(17,18)11-4-7(2)12(14)19-11/h3-5,16H,15H2,1-2H3. The quantitative estimate of drug-likeness (QED) is 0.820. The molecule has 8 heteroatoms. The number of sulfonamides is 1. The molecular formula is C12H12Cl2N2O2S2. The van der Waals surface area contributed by atoms with E-state index in [2.05, 4.69) is 4.72 Å². The van der Waals surface area contributed by atoms with Crippen LogP contribution in [0, 0.1) is 13.8 Å². The first-order chi connectivity index (χ1) is 9.20. The average Bonchev–Trinajstić information content (AvgIpc) is 2.67. The van der Waals surface area contributed by atoms with E-state index in [0.717, 1.165) is 16.9 Å². The summed E-state index contributed by atoms with van der Waals surface area (Å²) in [6.45, 7) is 3.50. The van der Waals surface area contributed by atoms with Gasteiger partial charge in [0.2, 0.25) is 0 Å². The van der Waals surface area contributed by atoms with E-state index < -0.39 is 10.0 Å². The van der Waals surface area contributed by atoms with Gasteiger partial charge >= 0.3 is 0 Å². The zero-order valence-electron chi connectivity index (χ0n) is 10.7. The highest BCUT2D eigenvalue weighted by molar-refractivity contribution is 7.94. The van der Waals surface area contributed by atoms with E-state index in [9.17, 15) is 8.42 Å². The summed E-state index contributed by atoms with van der Waals surface area (Å²) in [5, 5.41) is 0.300. The second-order valence-corrected chi connectivity index (χ2v) is 8.29. The second-order valence-electron chi connectivity index (χ2n) is 4.32. The Balaban J connectivity index is 2.40. The summed E-state index contributed by atoms with van der Waals surface area (Å²) in [6, 6.07) is 4.64. The van der Waals surface area contributed by atoms with Crippen LogP contribution >= 0.6 is 34.5 Å². The number of hydrogen-bond acceptors (Lipinski definition) is 4. The van der Waals surface area contributed by atoms with Crippen LogP contribution in [0.15, 0.2) is 22.4 Å². The maximum Gasteiger partial charge on any atom is 0.271 e. The largest absolute Gasteiger partial charge is 0.398 e. The molecule has 0 saturated carbocycles. The number of nitrogen functional groups attached to an aromatic ring is 1. The third-order valence-corrected chi connectivity index (χ3v) is 6.41. The van der Waals surface area contributed by atoms with Crippen LogP contribution in [0.3, 0.4) is 0 Å². The Hall–Kier alpha value is -0.950. The van der Waals surface area contributed by atoms with Gasteiger partial charge in [-0.15, -0.1) is 11.3 Å². The third kappa shape index (κ3) is 3.03. The summed E-state index contributed by atoms with van der Waals surface area (Å²) in [6.07, 6.45) is 0. The molecule has 0 radical (unpaired) electrons. The van der Waals surface area contributed by atoms with Crippen molar-refractivity contribution in [3.63, 3.8) is 0 Å². The molecule has 0 fully saturated rings. The summed E-state index contributed by atoms with van der Waals surface area (Å²) in [5.74, 6) is 0. The minimum atomic E-state index is -3.68. The van der Waals surface area contributed by atoms with Crippen LogP contribution in [-0.2, 0) is 10.0 Å². The summed E-state index contributed by atoms with van der Waals surface area (Å²) in [4.78, 5) is 0. The number of thiophene rings is 1. The van der Waals surface area contributed by atoms with E-state index >= 15 is 0 Å². The van der Waals surface area contributed by atoms with Gasteiger partial charge in [0, 0.05) is 0 Å². The summed E-state index contributed by atoms with van der Waals surface area (Å²) < 4.78 is 27.7. The van der Waals surface area contributed by atoms with Gasteiger partial charge in [0.05, 0.1) is 20.7 Å². The van der Waals surface area contributed by atoms with Gasteiger partial charge in [-0.3, -0.25) is 4.72 Å². The average molecular weight is 351 g/mol. The lowest BCUT2D eigenvalue weighted by molar-refractivity contribution is 0.603. The van der Waals surface area contributed by atoms with Crippen LogP contribution in [0.4, 0.5) is 11.4 Å². The van der Waals surface area contributed by atoms with Crippen molar-refractivity contribution < 1.29 is 8.42 Å². The molecule has 0 aliphatic rings. The van der Waals surface area contributed by atoms with Gasteiger partial charge in [-0.2, -0.15) is 0 Å². The Morgan fingerprint density at radius 1 is 1.15 bits per heavy atom. The van der Waals surface area contributed by atoms with Gasteiger partial charge < -0.3 is 5.73 Å². The maximum atomic E-state index is 12.3. The van der Waals surface area contributed by atoms with E-state index in [1.165, 1.54) is 12.1 Å². The number of rotatable bonds is 3. The highest BCUT2D eigenvalue weighted by Crippen LogP contribution is 2.33. The molecule has 2 aromatic rings. The normalized spacial score (nSPS) is 11.6. The van der Waals surface area contributed by atoms with Gasteiger partial charge in [0.15, 0.2) is 0 Å². The van der Waals surface area contributed by atoms with Crippen molar-refractivity contribution in [2.45, 2.75) is 18.1 Å². The van der Waals surface area contributed by atoms with Gasteiger partial charge in [-0.25, -0.2) is 8.42 Å². The monoisotopic (exact) mass is 350 g/mol. The van der Waals surface area contributed by atoms with E-state index in [-0.39, 0.29) is 4.21 Å². The molecule has 0 bridgehead atoms. The molecule has 0 aliphatic heterocycles. The van der Waals surface area contributed by atoms with Crippen LogP contribution in [0.2, 0.25) is 9.36 Å². The predicted molar refractivity (Wildman–Crippen MR) is 85.5 cm³/mol. The predicted octanol–water partition coefficient (Wildman–Crippen LogP) is 4.05. The third-order valence-electron chi connectivity index (χ3n) is 2.69. The molecule has 0 aliphatic carbocycles. The molecule has 0 spiro atoms. The van der Waals surface area contributed by atoms with Gasteiger partial charge in [0.1, 0.15) is 4.21 Å². The highest BCUT2D eigenvalue weighted by atomic mass is 35.5. The number of hydrogen-bond donors (Lipinski definition) is 2. The second kappa shape index (κ2) is 5.44. The lowest BCUT2D eigenvalue weighted by Gasteiger charge is -2.11. The lowest BCUT2D eigenvalue weighted by Crippen LogP contribution is -2.12. The summed E-state index contributed by atoms with van der Waals surface area (Å²) in [5.41, 5.74) is 7.88.